The summed E-state index contributed by atoms with van der Waals surface area (Å²) < 4.78 is 0. The second-order valence-electron chi connectivity index (χ2n) is 4.59. The van der Waals surface area contributed by atoms with E-state index in [0.29, 0.717) is 6.54 Å². The van der Waals surface area contributed by atoms with Crippen molar-refractivity contribution in [3.63, 3.8) is 0 Å². The van der Waals surface area contributed by atoms with Gasteiger partial charge in [-0.05, 0) is 26.2 Å². The van der Waals surface area contributed by atoms with Crippen LogP contribution in [0, 0.1) is 5.41 Å². The van der Waals surface area contributed by atoms with E-state index in [1.807, 2.05) is 13.0 Å². The number of rotatable bonds is 5. The highest BCUT2D eigenvalue weighted by Crippen LogP contribution is 2.37. The molecule has 0 bridgehead atoms. The summed E-state index contributed by atoms with van der Waals surface area (Å²) in [7, 11) is 0. The molecule has 1 unspecified atom stereocenters. The Kier molecular flexibility index (Phi) is 6.68. The Hall–Kier alpha value is -0.540. The topological polar surface area (TPSA) is 55.1 Å². The van der Waals surface area contributed by atoms with Gasteiger partial charge in [0.15, 0.2) is 0 Å². The van der Waals surface area contributed by atoms with Gasteiger partial charge in [-0.15, -0.1) is 19.0 Å². The van der Waals surface area contributed by atoms with Crippen LogP contribution in [0.3, 0.4) is 0 Å². The van der Waals surface area contributed by atoms with Gasteiger partial charge in [0.2, 0.25) is 5.91 Å². The number of carbonyl (C=O) groups excluding carboxylic acids is 1. The number of hydrogen-bond acceptors (Lipinski definition) is 2. The maximum atomic E-state index is 12.1. The summed E-state index contributed by atoms with van der Waals surface area (Å²) >= 11 is 0. The zero-order chi connectivity index (χ0) is 11.3. The Morgan fingerprint density at radius 1 is 1.56 bits per heavy atom. The van der Waals surface area contributed by atoms with Crippen LogP contribution in [0.2, 0.25) is 0 Å². The molecular weight excluding hydrogens is 224 g/mol. The minimum absolute atomic E-state index is 0. The predicted molar refractivity (Wildman–Crippen MR) is 69.6 cm³/mol. The second-order valence-corrected chi connectivity index (χ2v) is 4.59. The Balaban J connectivity index is 0.00000225. The molecule has 4 heteroatoms. The standard InChI is InChI=1S/C12H22N2O.ClH/c1-3-6-10(2)14-11(15)12(9-13)7-4-5-8-12;/h3,10H,1,4-9,13H2,2H3,(H,14,15);1H. The molecule has 1 aliphatic rings. The molecule has 1 aliphatic carbocycles. The SMILES string of the molecule is C=CCC(C)NC(=O)C1(CN)CCCC1.Cl. The van der Waals surface area contributed by atoms with Crippen molar-refractivity contribution in [2.24, 2.45) is 11.1 Å². The van der Waals surface area contributed by atoms with E-state index in [4.69, 9.17) is 5.73 Å². The summed E-state index contributed by atoms with van der Waals surface area (Å²) in [5.41, 5.74) is 5.46. The number of nitrogens with one attached hydrogen (secondary N) is 1. The van der Waals surface area contributed by atoms with Crippen molar-refractivity contribution in [2.75, 3.05) is 6.54 Å². The van der Waals surface area contributed by atoms with E-state index in [0.717, 1.165) is 32.1 Å². The van der Waals surface area contributed by atoms with E-state index >= 15 is 0 Å². The average Bonchev–Trinajstić information content (AvgIpc) is 2.67. The first-order chi connectivity index (χ1) is 7.14. The van der Waals surface area contributed by atoms with Gasteiger partial charge >= 0.3 is 0 Å². The number of amides is 1. The predicted octanol–water partition coefficient (Wildman–Crippen LogP) is 2.01. The molecule has 0 heterocycles. The molecule has 0 aromatic heterocycles. The molecular formula is C12H23ClN2O. The zero-order valence-electron chi connectivity index (χ0n) is 10.00. The highest BCUT2D eigenvalue weighted by molar-refractivity contribution is 5.85. The molecule has 0 spiro atoms. The smallest absolute Gasteiger partial charge is 0.227 e. The molecule has 1 amide bonds. The maximum absolute atomic E-state index is 12.1. The first kappa shape index (κ1) is 15.5. The Morgan fingerprint density at radius 3 is 2.56 bits per heavy atom. The average molecular weight is 247 g/mol. The van der Waals surface area contributed by atoms with Crippen LogP contribution >= 0.6 is 12.4 Å². The van der Waals surface area contributed by atoms with Crippen molar-refractivity contribution < 1.29 is 4.79 Å². The quantitative estimate of drug-likeness (QED) is 0.730. The van der Waals surface area contributed by atoms with Crippen molar-refractivity contribution in [3.8, 4) is 0 Å². The molecule has 0 aromatic rings. The normalized spacial score (nSPS) is 19.6. The molecule has 0 aromatic carbocycles. The van der Waals surface area contributed by atoms with E-state index in [1.165, 1.54) is 0 Å². The molecule has 3 nitrogen and oxygen atoms in total. The lowest BCUT2D eigenvalue weighted by molar-refractivity contribution is -0.130. The van der Waals surface area contributed by atoms with Gasteiger partial charge in [0.05, 0.1) is 5.41 Å². The van der Waals surface area contributed by atoms with Gasteiger partial charge in [-0.1, -0.05) is 18.9 Å². The van der Waals surface area contributed by atoms with E-state index in [2.05, 4.69) is 11.9 Å². The van der Waals surface area contributed by atoms with Crippen molar-refractivity contribution >= 4 is 18.3 Å². The van der Waals surface area contributed by atoms with Crippen LogP contribution in [-0.4, -0.2) is 18.5 Å². The van der Waals surface area contributed by atoms with E-state index in [-0.39, 0.29) is 29.8 Å². The molecule has 1 saturated carbocycles. The van der Waals surface area contributed by atoms with Gasteiger partial charge in [-0.3, -0.25) is 4.79 Å². The van der Waals surface area contributed by atoms with Gasteiger partial charge in [0, 0.05) is 12.6 Å². The summed E-state index contributed by atoms with van der Waals surface area (Å²) in [5.74, 6) is 0.136. The van der Waals surface area contributed by atoms with Crippen LogP contribution in [0.5, 0.6) is 0 Å². The third-order valence-corrected chi connectivity index (χ3v) is 3.33. The summed E-state index contributed by atoms with van der Waals surface area (Å²) in [6.07, 6.45) is 6.77. The van der Waals surface area contributed by atoms with Crippen LogP contribution in [-0.2, 0) is 4.79 Å². The molecule has 16 heavy (non-hydrogen) atoms. The minimum atomic E-state index is -0.282. The van der Waals surface area contributed by atoms with Crippen molar-refractivity contribution in [3.05, 3.63) is 12.7 Å². The molecule has 1 atom stereocenters. The molecule has 3 N–H and O–H groups in total. The first-order valence-electron chi connectivity index (χ1n) is 5.76. The van der Waals surface area contributed by atoms with Gasteiger partial charge < -0.3 is 11.1 Å². The Bertz CT molecular complexity index is 237. The minimum Gasteiger partial charge on any atom is -0.353 e. The van der Waals surface area contributed by atoms with Crippen LogP contribution < -0.4 is 11.1 Å². The zero-order valence-corrected chi connectivity index (χ0v) is 10.8. The van der Waals surface area contributed by atoms with Crippen molar-refractivity contribution in [2.45, 2.75) is 45.1 Å². The van der Waals surface area contributed by atoms with Gasteiger partial charge in [0.25, 0.3) is 0 Å². The first-order valence-corrected chi connectivity index (χ1v) is 5.76. The fourth-order valence-electron chi connectivity index (χ4n) is 2.26. The summed E-state index contributed by atoms with van der Waals surface area (Å²) in [4.78, 5) is 12.1. The Morgan fingerprint density at radius 2 is 2.12 bits per heavy atom. The highest BCUT2D eigenvalue weighted by atomic mass is 35.5. The Labute approximate surface area is 104 Å². The monoisotopic (exact) mass is 246 g/mol. The lowest BCUT2D eigenvalue weighted by Crippen LogP contribution is -2.47. The van der Waals surface area contributed by atoms with Crippen LogP contribution in [0.25, 0.3) is 0 Å². The van der Waals surface area contributed by atoms with E-state index in [9.17, 15) is 4.79 Å². The van der Waals surface area contributed by atoms with Crippen LogP contribution in [0.15, 0.2) is 12.7 Å². The van der Waals surface area contributed by atoms with Crippen molar-refractivity contribution in [1.29, 1.82) is 0 Å². The second kappa shape index (κ2) is 6.92. The largest absolute Gasteiger partial charge is 0.353 e. The van der Waals surface area contributed by atoms with Gasteiger partial charge in [-0.2, -0.15) is 0 Å². The van der Waals surface area contributed by atoms with Crippen molar-refractivity contribution in [1.82, 2.24) is 5.32 Å². The summed E-state index contributed by atoms with van der Waals surface area (Å²) in [6, 6.07) is 0.166. The lowest BCUT2D eigenvalue weighted by Gasteiger charge is -2.27. The lowest BCUT2D eigenvalue weighted by atomic mass is 9.85. The fourth-order valence-corrected chi connectivity index (χ4v) is 2.26. The molecule has 94 valence electrons. The van der Waals surface area contributed by atoms with Gasteiger partial charge in [-0.25, -0.2) is 0 Å². The molecule has 0 radical (unpaired) electrons. The van der Waals surface area contributed by atoms with Crippen LogP contribution in [0.4, 0.5) is 0 Å². The molecule has 0 aliphatic heterocycles. The molecule has 0 saturated heterocycles. The van der Waals surface area contributed by atoms with E-state index < -0.39 is 0 Å². The number of halogens is 1. The number of hydrogen-bond donors (Lipinski definition) is 2. The summed E-state index contributed by atoms with van der Waals surface area (Å²) in [5, 5.41) is 3.02. The maximum Gasteiger partial charge on any atom is 0.227 e. The molecule has 1 fully saturated rings. The third-order valence-electron chi connectivity index (χ3n) is 3.33. The third kappa shape index (κ3) is 3.49. The van der Waals surface area contributed by atoms with Gasteiger partial charge in [0.1, 0.15) is 0 Å². The van der Waals surface area contributed by atoms with E-state index in [1.54, 1.807) is 0 Å². The fraction of sp³-hybridized carbons (Fsp3) is 0.750. The van der Waals surface area contributed by atoms with Crippen LogP contribution in [0.1, 0.15) is 39.0 Å². The number of carbonyl (C=O) groups is 1. The summed E-state index contributed by atoms with van der Waals surface area (Å²) in [6.45, 7) is 6.14. The highest BCUT2D eigenvalue weighted by Gasteiger charge is 2.39. The molecule has 1 rings (SSSR count). The number of nitrogens with two attached hydrogens (primary N) is 1.